The predicted octanol–water partition coefficient (Wildman–Crippen LogP) is 0.693. The monoisotopic (exact) mass is 288 g/mol. The predicted molar refractivity (Wildman–Crippen MR) is 76.3 cm³/mol. The summed E-state index contributed by atoms with van der Waals surface area (Å²) in [7, 11) is 0. The standard InChI is InChI=1S/C13H24N2O3S/c1-2-17-7-8-18-11-3-5-15(6-4-11)13(16)12-9-19-10-14-12/h11-12,14H,2-10H2,1H3. The molecule has 2 heterocycles. The molecule has 0 aromatic carbocycles. The van der Waals surface area contributed by atoms with E-state index in [1.807, 2.05) is 11.8 Å². The average Bonchev–Trinajstić information content (AvgIpc) is 2.98. The second kappa shape index (κ2) is 8.09. The van der Waals surface area contributed by atoms with Gasteiger partial charge >= 0.3 is 0 Å². The van der Waals surface area contributed by atoms with Crippen LogP contribution in [0.15, 0.2) is 0 Å². The Bertz CT molecular complexity index is 277. The number of amides is 1. The van der Waals surface area contributed by atoms with Crippen molar-refractivity contribution in [3.63, 3.8) is 0 Å². The quantitative estimate of drug-likeness (QED) is 0.729. The van der Waals surface area contributed by atoms with Crippen LogP contribution >= 0.6 is 11.8 Å². The third kappa shape index (κ3) is 4.63. The van der Waals surface area contributed by atoms with Crippen LogP contribution in [0.1, 0.15) is 19.8 Å². The van der Waals surface area contributed by atoms with Gasteiger partial charge in [0.25, 0.3) is 0 Å². The highest BCUT2D eigenvalue weighted by molar-refractivity contribution is 7.99. The fraction of sp³-hybridized carbons (Fsp3) is 0.923. The van der Waals surface area contributed by atoms with Crippen LogP contribution in [0.4, 0.5) is 0 Å². The lowest BCUT2D eigenvalue weighted by molar-refractivity contribution is -0.135. The van der Waals surface area contributed by atoms with Gasteiger partial charge < -0.3 is 14.4 Å². The maximum atomic E-state index is 12.2. The first-order valence-electron chi connectivity index (χ1n) is 7.10. The van der Waals surface area contributed by atoms with E-state index in [0.717, 1.165) is 44.2 Å². The first-order chi connectivity index (χ1) is 9.31. The summed E-state index contributed by atoms with van der Waals surface area (Å²) in [5.74, 6) is 2.06. The maximum Gasteiger partial charge on any atom is 0.240 e. The molecule has 1 atom stereocenters. The topological polar surface area (TPSA) is 50.8 Å². The lowest BCUT2D eigenvalue weighted by atomic mass is 10.1. The number of carbonyl (C=O) groups is 1. The molecular weight excluding hydrogens is 264 g/mol. The molecule has 2 aliphatic rings. The Labute approximate surface area is 119 Å². The molecule has 6 heteroatoms. The number of hydrogen-bond donors (Lipinski definition) is 1. The van der Waals surface area contributed by atoms with Gasteiger partial charge in [0.05, 0.1) is 25.4 Å². The smallest absolute Gasteiger partial charge is 0.240 e. The average molecular weight is 288 g/mol. The minimum Gasteiger partial charge on any atom is -0.379 e. The number of nitrogens with one attached hydrogen (secondary N) is 1. The van der Waals surface area contributed by atoms with Crippen LogP contribution in [0.2, 0.25) is 0 Å². The van der Waals surface area contributed by atoms with Gasteiger partial charge in [-0.25, -0.2) is 0 Å². The lowest BCUT2D eigenvalue weighted by Gasteiger charge is -2.33. The molecule has 0 aromatic heterocycles. The Morgan fingerprint density at radius 1 is 1.37 bits per heavy atom. The molecule has 2 fully saturated rings. The summed E-state index contributed by atoms with van der Waals surface area (Å²) in [6.07, 6.45) is 2.17. The van der Waals surface area contributed by atoms with Crippen molar-refractivity contribution in [2.45, 2.75) is 31.9 Å². The third-order valence-corrected chi connectivity index (χ3v) is 4.49. The van der Waals surface area contributed by atoms with Crippen LogP contribution in [-0.2, 0) is 14.3 Å². The van der Waals surface area contributed by atoms with Gasteiger partial charge in [-0.05, 0) is 19.8 Å². The number of thioether (sulfide) groups is 1. The molecule has 1 unspecified atom stereocenters. The Hall–Kier alpha value is -0.300. The number of carbonyl (C=O) groups excluding carboxylic acids is 1. The zero-order valence-corrected chi connectivity index (χ0v) is 12.4. The van der Waals surface area contributed by atoms with Gasteiger partial charge in [-0.2, -0.15) is 0 Å². The van der Waals surface area contributed by atoms with Crippen LogP contribution in [0.3, 0.4) is 0 Å². The van der Waals surface area contributed by atoms with Gasteiger partial charge in [-0.3, -0.25) is 10.1 Å². The second-order valence-corrected chi connectivity index (χ2v) is 5.89. The van der Waals surface area contributed by atoms with Crippen LogP contribution in [-0.4, -0.2) is 67.5 Å². The first-order valence-corrected chi connectivity index (χ1v) is 8.26. The van der Waals surface area contributed by atoms with E-state index in [4.69, 9.17) is 9.47 Å². The molecule has 0 bridgehead atoms. The molecule has 2 rings (SSSR count). The van der Waals surface area contributed by atoms with E-state index in [0.29, 0.717) is 13.2 Å². The second-order valence-electron chi connectivity index (χ2n) is 4.86. The maximum absolute atomic E-state index is 12.2. The summed E-state index contributed by atoms with van der Waals surface area (Å²) in [5.41, 5.74) is 0. The fourth-order valence-corrected chi connectivity index (χ4v) is 3.37. The Balaban J connectivity index is 1.63. The molecule has 2 saturated heterocycles. The number of hydrogen-bond acceptors (Lipinski definition) is 5. The highest BCUT2D eigenvalue weighted by atomic mass is 32.2. The molecule has 0 aromatic rings. The number of rotatable bonds is 6. The normalized spacial score (nSPS) is 24.9. The fourth-order valence-electron chi connectivity index (χ4n) is 2.44. The molecule has 0 saturated carbocycles. The van der Waals surface area contributed by atoms with Crippen molar-refractivity contribution >= 4 is 17.7 Å². The molecule has 19 heavy (non-hydrogen) atoms. The molecule has 110 valence electrons. The Morgan fingerprint density at radius 3 is 2.79 bits per heavy atom. The number of nitrogens with zero attached hydrogens (tertiary/aromatic N) is 1. The van der Waals surface area contributed by atoms with Gasteiger partial charge in [0.2, 0.25) is 5.91 Å². The summed E-state index contributed by atoms with van der Waals surface area (Å²) >= 11 is 1.79. The summed E-state index contributed by atoms with van der Waals surface area (Å²) in [6.45, 7) is 5.69. The van der Waals surface area contributed by atoms with Gasteiger partial charge in [-0.1, -0.05) is 0 Å². The zero-order chi connectivity index (χ0) is 13.5. The summed E-state index contributed by atoms with van der Waals surface area (Å²) in [6, 6.07) is 0.0282. The summed E-state index contributed by atoms with van der Waals surface area (Å²) in [5, 5.41) is 3.24. The number of ether oxygens (including phenoxy) is 2. The van der Waals surface area contributed by atoms with Crippen molar-refractivity contribution in [2.24, 2.45) is 0 Å². The molecule has 5 nitrogen and oxygen atoms in total. The van der Waals surface area contributed by atoms with Gasteiger partial charge in [0.15, 0.2) is 0 Å². The molecule has 2 aliphatic heterocycles. The molecular formula is C13H24N2O3S. The molecule has 0 aliphatic carbocycles. The van der Waals surface area contributed by atoms with E-state index < -0.39 is 0 Å². The van der Waals surface area contributed by atoms with Crippen molar-refractivity contribution in [3.05, 3.63) is 0 Å². The van der Waals surface area contributed by atoms with E-state index in [9.17, 15) is 4.79 Å². The molecule has 0 radical (unpaired) electrons. The number of likely N-dealkylation sites (tertiary alicyclic amines) is 1. The van der Waals surface area contributed by atoms with Crippen molar-refractivity contribution in [1.82, 2.24) is 10.2 Å². The van der Waals surface area contributed by atoms with E-state index >= 15 is 0 Å². The Kier molecular flexibility index (Phi) is 6.43. The zero-order valence-electron chi connectivity index (χ0n) is 11.6. The Morgan fingerprint density at radius 2 is 2.16 bits per heavy atom. The van der Waals surface area contributed by atoms with E-state index in [-0.39, 0.29) is 18.1 Å². The third-order valence-electron chi connectivity index (χ3n) is 3.55. The van der Waals surface area contributed by atoms with Gasteiger partial charge in [-0.15, -0.1) is 11.8 Å². The van der Waals surface area contributed by atoms with Crippen molar-refractivity contribution in [3.8, 4) is 0 Å². The minimum absolute atomic E-state index is 0.0282. The summed E-state index contributed by atoms with van der Waals surface area (Å²) < 4.78 is 11.0. The summed E-state index contributed by atoms with van der Waals surface area (Å²) in [4.78, 5) is 14.2. The van der Waals surface area contributed by atoms with Crippen molar-refractivity contribution < 1.29 is 14.3 Å². The highest BCUT2D eigenvalue weighted by Crippen LogP contribution is 2.17. The van der Waals surface area contributed by atoms with E-state index in [1.54, 1.807) is 11.8 Å². The highest BCUT2D eigenvalue weighted by Gasteiger charge is 2.30. The van der Waals surface area contributed by atoms with Crippen LogP contribution in [0, 0.1) is 0 Å². The largest absolute Gasteiger partial charge is 0.379 e. The first kappa shape index (κ1) is 15.1. The van der Waals surface area contributed by atoms with Gasteiger partial charge in [0, 0.05) is 31.3 Å². The van der Waals surface area contributed by atoms with Crippen molar-refractivity contribution in [2.75, 3.05) is 44.5 Å². The number of piperidine rings is 1. The minimum atomic E-state index is 0.0282. The molecule has 0 spiro atoms. The van der Waals surface area contributed by atoms with Crippen LogP contribution in [0.25, 0.3) is 0 Å². The lowest BCUT2D eigenvalue weighted by Crippen LogP contribution is -2.49. The SMILES string of the molecule is CCOCCOC1CCN(C(=O)C2CSCN2)CC1. The molecule has 1 amide bonds. The van der Waals surface area contributed by atoms with Gasteiger partial charge in [0.1, 0.15) is 0 Å². The van der Waals surface area contributed by atoms with Crippen LogP contribution in [0.5, 0.6) is 0 Å². The van der Waals surface area contributed by atoms with Crippen LogP contribution < -0.4 is 5.32 Å². The van der Waals surface area contributed by atoms with E-state index in [1.165, 1.54) is 0 Å². The van der Waals surface area contributed by atoms with Crippen molar-refractivity contribution in [1.29, 1.82) is 0 Å². The molecule has 1 N–H and O–H groups in total. The van der Waals surface area contributed by atoms with E-state index in [2.05, 4.69) is 5.32 Å².